The van der Waals surface area contributed by atoms with E-state index in [1.165, 1.54) is 0 Å². The Morgan fingerprint density at radius 3 is 0.583 bits per heavy atom. The minimum absolute atomic E-state index is 0. The molecule has 0 aromatic rings. The Morgan fingerprint density at radius 1 is 0.583 bits per heavy atom. The van der Waals surface area contributed by atoms with Crippen LogP contribution >= 0.6 is 0 Å². The van der Waals surface area contributed by atoms with E-state index in [1.54, 1.807) is 0 Å². The van der Waals surface area contributed by atoms with Crippen LogP contribution in [0.25, 0.3) is 12.3 Å². The molecule has 0 atom stereocenters. The zero-order valence-electron chi connectivity index (χ0n) is 8.05. The minimum atomic E-state index is 0. The Kier molecular flexibility index (Phi) is 59100. The van der Waals surface area contributed by atoms with Gasteiger partial charge in [0.05, 0.1) is 0 Å². The summed E-state index contributed by atoms with van der Waals surface area (Å²) in [6, 6.07) is 0. The van der Waals surface area contributed by atoms with Gasteiger partial charge in [-0.05, 0) is 0 Å². The first-order valence-corrected chi connectivity index (χ1v) is 2.00. The third-order valence-electron chi connectivity index (χ3n) is 0. The summed E-state index contributed by atoms with van der Waals surface area (Å²) in [5.74, 6) is 0. The Balaban J connectivity index is -0.000000000500. The van der Waals surface area contributed by atoms with Crippen LogP contribution in [0.1, 0.15) is 42.5 Å². The van der Waals surface area contributed by atoms with Crippen molar-refractivity contribution in [2.24, 2.45) is 0 Å². The normalized spacial score (nSPS) is 1.00. The fourth-order valence-electron chi connectivity index (χ4n) is 0. The summed E-state index contributed by atoms with van der Waals surface area (Å²) in [6.07, 6.45) is 0. The van der Waals surface area contributed by atoms with Crippen LogP contribution in [0.2, 0.25) is 0 Å². The standard InChI is InChI=1S/2C2H6.2CH4.2CH3.B.2H2N.Pt/c2*1-2;;;;;;;;/h2*1-2H3;2*1H4;2*1H3;;2*1H2;/q;;;;2*-1;;2*-1;+4. The van der Waals surface area contributed by atoms with Gasteiger partial charge in [-0.1, -0.05) is 42.5 Å². The largest absolute Gasteiger partial charge is 4.00 e. The van der Waals surface area contributed by atoms with Crippen LogP contribution in [-0.2, 0) is 21.1 Å². The third-order valence-corrected chi connectivity index (χ3v) is 0. The molecule has 12 heavy (non-hydrogen) atoms. The average molecular weight is 360 g/mol. The van der Waals surface area contributed by atoms with E-state index in [2.05, 4.69) is 0 Å². The molecule has 0 aliphatic heterocycles. The van der Waals surface area contributed by atoms with Crippen molar-refractivity contribution in [3.63, 3.8) is 0 Å². The maximum Gasteiger partial charge on any atom is 4.00 e. The number of hydrogen-bond donors (Lipinski definition) is 0. The van der Waals surface area contributed by atoms with Gasteiger partial charge in [0.15, 0.2) is 0 Å². The molecule has 4 heteroatoms. The summed E-state index contributed by atoms with van der Waals surface area (Å²) in [5.41, 5.74) is 0. The molecule has 0 saturated carbocycles. The first kappa shape index (κ1) is 242. The van der Waals surface area contributed by atoms with E-state index in [-0.39, 0.29) is 71.5 Å². The molecule has 0 aliphatic rings. The van der Waals surface area contributed by atoms with Gasteiger partial charge in [-0.2, -0.15) is 0 Å². The molecule has 0 unspecified atom stereocenters. The van der Waals surface area contributed by atoms with E-state index in [4.69, 9.17) is 0 Å². The Bertz CT molecular complexity index is 17.0. The third kappa shape index (κ3) is 2200. The topological polar surface area (TPSA) is 67.0 Å². The second kappa shape index (κ2) is 2930. The summed E-state index contributed by atoms with van der Waals surface area (Å²) in [4.78, 5) is 0. The van der Waals surface area contributed by atoms with Gasteiger partial charge in [0.2, 0.25) is 0 Å². The van der Waals surface area contributed by atoms with Crippen LogP contribution in [0, 0.1) is 14.9 Å². The van der Waals surface area contributed by atoms with Crippen molar-refractivity contribution in [2.75, 3.05) is 0 Å². The van der Waals surface area contributed by atoms with Gasteiger partial charge in [0.25, 0.3) is 0 Å². The molecule has 4 N–H and O–H groups in total. The van der Waals surface area contributed by atoms with E-state index >= 15 is 0 Å². The van der Waals surface area contributed by atoms with Crippen molar-refractivity contribution in [3.8, 4) is 0 Å². The van der Waals surface area contributed by atoms with Gasteiger partial charge in [0, 0.05) is 8.41 Å². The summed E-state index contributed by atoms with van der Waals surface area (Å²) in [5, 5.41) is 0. The summed E-state index contributed by atoms with van der Waals surface area (Å²) < 4.78 is 0. The zero-order valence-corrected chi connectivity index (χ0v) is 10.3. The molecular formula is C8H30BN2Pt. The molecule has 0 spiro atoms. The van der Waals surface area contributed by atoms with Crippen LogP contribution < -0.4 is 0 Å². The molecule has 0 aromatic heterocycles. The summed E-state index contributed by atoms with van der Waals surface area (Å²) in [6.45, 7) is 8.00. The van der Waals surface area contributed by atoms with Gasteiger partial charge in [0.1, 0.15) is 0 Å². The zero-order chi connectivity index (χ0) is 4.00. The monoisotopic (exact) mass is 360 g/mol. The second-order valence-electron chi connectivity index (χ2n) is 0. The molecule has 0 aliphatic carbocycles. The van der Waals surface area contributed by atoms with Crippen molar-refractivity contribution >= 4 is 8.41 Å². The minimum Gasteiger partial charge on any atom is -0.693 e. The quantitative estimate of drug-likeness (QED) is 0.417. The summed E-state index contributed by atoms with van der Waals surface area (Å²) in [7, 11) is 0. The smallest absolute Gasteiger partial charge is 0.693 e. The van der Waals surface area contributed by atoms with Crippen LogP contribution in [-0.4, -0.2) is 8.41 Å². The second-order valence-corrected chi connectivity index (χ2v) is 0. The van der Waals surface area contributed by atoms with Gasteiger partial charge in [-0.15, -0.1) is 0 Å². The fourth-order valence-corrected chi connectivity index (χ4v) is 0. The van der Waals surface area contributed by atoms with Gasteiger partial charge < -0.3 is 27.2 Å². The van der Waals surface area contributed by atoms with Crippen molar-refractivity contribution in [3.05, 3.63) is 27.2 Å². The van der Waals surface area contributed by atoms with Crippen LogP contribution in [0.5, 0.6) is 0 Å². The van der Waals surface area contributed by atoms with E-state index in [9.17, 15) is 0 Å². The van der Waals surface area contributed by atoms with Crippen molar-refractivity contribution in [1.29, 1.82) is 0 Å². The van der Waals surface area contributed by atoms with Crippen molar-refractivity contribution in [1.82, 2.24) is 0 Å². The molecular weight excluding hydrogens is 330 g/mol. The fraction of sp³-hybridized carbons (Fsp3) is 0.750. The first-order valence-electron chi connectivity index (χ1n) is 2.00. The van der Waals surface area contributed by atoms with E-state index in [1.807, 2.05) is 27.7 Å². The Hall–Kier alpha value is 0.673. The van der Waals surface area contributed by atoms with E-state index in [0.29, 0.717) is 0 Å². The van der Waals surface area contributed by atoms with Crippen LogP contribution in [0.3, 0.4) is 0 Å². The molecule has 0 fully saturated rings. The molecule has 0 rings (SSSR count). The Morgan fingerprint density at radius 2 is 0.583 bits per heavy atom. The molecule has 0 aromatic carbocycles. The predicted molar refractivity (Wildman–Crippen MR) is 65.3 cm³/mol. The Labute approximate surface area is 99.3 Å². The van der Waals surface area contributed by atoms with Crippen LogP contribution in [0.15, 0.2) is 0 Å². The van der Waals surface area contributed by atoms with Gasteiger partial charge >= 0.3 is 21.1 Å². The molecule has 0 bridgehead atoms. The van der Waals surface area contributed by atoms with Crippen molar-refractivity contribution in [2.45, 2.75) is 42.5 Å². The first-order chi connectivity index (χ1) is 2.00. The van der Waals surface area contributed by atoms with Crippen molar-refractivity contribution < 1.29 is 21.1 Å². The number of nitrogens with two attached hydrogens (primary N) is 2. The summed E-state index contributed by atoms with van der Waals surface area (Å²) >= 11 is 0. The number of rotatable bonds is 0. The average Bonchev–Trinajstić information content (AvgIpc) is 1.50. The van der Waals surface area contributed by atoms with Gasteiger partial charge in [-0.25, -0.2) is 0 Å². The molecule has 2 nitrogen and oxygen atoms in total. The van der Waals surface area contributed by atoms with Gasteiger partial charge in [-0.3, -0.25) is 0 Å². The molecule has 85 valence electrons. The molecule has 0 heterocycles. The SMILES string of the molecule is C.C.CC.CC.[B].[CH3-].[CH3-].[NH2-].[NH2-].[Pt+4]. The predicted octanol–water partition coefficient (Wildman–Crippen LogP) is 5.28. The van der Waals surface area contributed by atoms with Crippen LogP contribution in [0.4, 0.5) is 0 Å². The van der Waals surface area contributed by atoms with E-state index < -0.39 is 0 Å². The molecule has 0 amide bonds. The molecule has 0 saturated heterocycles. The van der Waals surface area contributed by atoms with E-state index in [0.717, 1.165) is 0 Å². The maximum atomic E-state index is 2.00. The molecule has 3 radical (unpaired) electrons. The maximum absolute atomic E-state index is 2.00. The number of hydrogen-bond acceptors (Lipinski definition) is 0.